The summed E-state index contributed by atoms with van der Waals surface area (Å²) in [4.78, 5) is 11.0. The molecule has 0 aliphatic heterocycles. The molecular weight excluding hydrogens is 221 g/mol. The van der Waals surface area contributed by atoms with Crippen LogP contribution in [-0.4, -0.2) is 16.1 Å². The lowest BCUT2D eigenvalue weighted by atomic mass is 10.1. The molecule has 0 fully saturated rings. The van der Waals surface area contributed by atoms with Crippen LogP contribution in [-0.2, 0) is 4.79 Å². The number of aryl methyl sites for hydroxylation is 1. The first kappa shape index (κ1) is 11.3. The van der Waals surface area contributed by atoms with E-state index < -0.39 is 0 Å². The Bertz CT molecular complexity index is 563. The molecule has 0 aliphatic carbocycles. The molecule has 88 valence electrons. The summed E-state index contributed by atoms with van der Waals surface area (Å²) in [6.45, 7) is 3.16. The van der Waals surface area contributed by atoms with Crippen LogP contribution in [0, 0.1) is 12.7 Å². The number of halogens is 1. The Hall–Kier alpha value is -2.17. The third-order valence-electron chi connectivity index (χ3n) is 2.38. The predicted octanol–water partition coefficient (Wildman–Crippen LogP) is 2.48. The topological polar surface area (TPSA) is 57.8 Å². The standard InChI is InChI=1S/C12H12FN3O/c1-7-11(9-5-3-4-6-10(9)13)12(16-15-7)14-8(2)17/h3-6H,1-2H3,(H2,14,15,16,17). The summed E-state index contributed by atoms with van der Waals surface area (Å²) >= 11 is 0. The summed E-state index contributed by atoms with van der Waals surface area (Å²) in [5.74, 6) is -0.238. The molecule has 0 saturated carbocycles. The number of nitrogens with zero attached hydrogens (tertiary/aromatic N) is 1. The number of amides is 1. The van der Waals surface area contributed by atoms with E-state index in [4.69, 9.17) is 0 Å². The van der Waals surface area contributed by atoms with Gasteiger partial charge in [0.1, 0.15) is 5.82 Å². The second-order valence-corrected chi connectivity index (χ2v) is 3.73. The number of aromatic nitrogens is 2. The molecule has 1 heterocycles. The van der Waals surface area contributed by atoms with Gasteiger partial charge in [-0.05, 0) is 13.0 Å². The number of nitrogens with one attached hydrogen (secondary N) is 2. The van der Waals surface area contributed by atoms with E-state index in [1.165, 1.54) is 13.0 Å². The van der Waals surface area contributed by atoms with Crippen molar-refractivity contribution < 1.29 is 9.18 Å². The normalized spacial score (nSPS) is 10.3. The molecule has 2 rings (SSSR count). The molecule has 0 atom stereocenters. The third-order valence-corrected chi connectivity index (χ3v) is 2.38. The summed E-state index contributed by atoms with van der Waals surface area (Å²) in [6.07, 6.45) is 0. The maximum absolute atomic E-state index is 13.7. The summed E-state index contributed by atoms with van der Waals surface area (Å²) < 4.78 is 13.7. The number of hydrogen-bond acceptors (Lipinski definition) is 2. The first-order valence-electron chi connectivity index (χ1n) is 5.17. The average molecular weight is 233 g/mol. The van der Waals surface area contributed by atoms with Crippen LogP contribution in [0.1, 0.15) is 12.6 Å². The van der Waals surface area contributed by atoms with E-state index in [9.17, 15) is 9.18 Å². The minimum absolute atomic E-state index is 0.242. The molecular formula is C12H12FN3O. The number of anilines is 1. The van der Waals surface area contributed by atoms with Gasteiger partial charge in [0.25, 0.3) is 0 Å². The van der Waals surface area contributed by atoms with Crippen LogP contribution >= 0.6 is 0 Å². The largest absolute Gasteiger partial charge is 0.309 e. The first-order chi connectivity index (χ1) is 8.09. The van der Waals surface area contributed by atoms with E-state index in [1.54, 1.807) is 25.1 Å². The Balaban J connectivity index is 2.55. The van der Waals surface area contributed by atoms with Gasteiger partial charge in [-0.1, -0.05) is 18.2 Å². The number of carbonyl (C=O) groups excluding carboxylic acids is 1. The number of H-pyrrole nitrogens is 1. The smallest absolute Gasteiger partial charge is 0.222 e. The number of carbonyl (C=O) groups is 1. The van der Waals surface area contributed by atoms with Crippen molar-refractivity contribution in [3.63, 3.8) is 0 Å². The molecule has 1 amide bonds. The average Bonchev–Trinajstić information content (AvgIpc) is 2.60. The van der Waals surface area contributed by atoms with Crippen molar-refractivity contribution in [2.45, 2.75) is 13.8 Å². The highest BCUT2D eigenvalue weighted by Gasteiger charge is 2.16. The third kappa shape index (κ3) is 2.18. The van der Waals surface area contributed by atoms with E-state index in [-0.39, 0.29) is 11.7 Å². The van der Waals surface area contributed by atoms with Gasteiger partial charge in [0.05, 0.1) is 0 Å². The van der Waals surface area contributed by atoms with Gasteiger partial charge in [0, 0.05) is 23.7 Å². The molecule has 17 heavy (non-hydrogen) atoms. The fourth-order valence-corrected chi connectivity index (χ4v) is 1.68. The zero-order valence-corrected chi connectivity index (χ0v) is 9.54. The van der Waals surface area contributed by atoms with Crippen molar-refractivity contribution in [3.05, 3.63) is 35.8 Å². The number of aromatic amines is 1. The van der Waals surface area contributed by atoms with Crippen molar-refractivity contribution in [3.8, 4) is 11.1 Å². The van der Waals surface area contributed by atoms with Crippen molar-refractivity contribution >= 4 is 11.7 Å². The van der Waals surface area contributed by atoms with Crippen LogP contribution < -0.4 is 5.32 Å². The first-order valence-corrected chi connectivity index (χ1v) is 5.17. The highest BCUT2D eigenvalue weighted by atomic mass is 19.1. The van der Waals surface area contributed by atoms with Gasteiger partial charge < -0.3 is 5.32 Å². The Morgan fingerprint density at radius 1 is 1.41 bits per heavy atom. The quantitative estimate of drug-likeness (QED) is 0.837. The molecule has 0 spiro atoms. The lowest BCUT2D eigenvalue weighted by molar-refractivity contribution is -0.114. The Kier molecular flexibility index (Phi) is 2.91. The van der Waals surface area contributed by atoms with Gasteiger partial charge in [0.15, 0.2) is 5.82 Å². The van der Waals surface area contributed by atoms with Crippen LogP contribution in [0.5, 0.6) is 0 Å². The van der Waals surface area contributed by atoms with E-state index in [0.29, 0.717) is 22.6 Å². The molecule has 0 bridgehead atoms. The summed E-state index contributed by atoms with van der Waals surface area (Å²) in [7, 11) is 0. The van der Waals surface area contributed by atoms with Gasteiger partial charge >= 0.3 is 0 Å². The van der Waals surface area contributed by atoms with Gasteiger partial charge in [0.2, 0.25) is 5.91 Å². The van der Waals surface area contributed by atoms with E-state index in [1.807, 2.05) is 0 Å². The van der Waals surface area contributed by atoms with E-state index >= 15 is 0 Å². The Labute approximate surface area is 97.9 Å². The van der Waals surface area contributed by atoms with E-state index in [0.717, 1.165) is 0 Å². The predicted molar refractivity (Wildman–Crippen MR) is 63.0 cm³/mol. The second kappa shape index (κ2) is 4.37. The molecule has 1 aromatic carbocycles. The number of benzene rings is 1. The second-order valence-electron chi connectivity index (χ2n) is 3.73. The van der Waals surface area contributed by atoms with Crippen LogP contribution in [0.2, 0.25) is 0 Å². The van der Waals surface area contributed by atoms with Crippen LogP contribution in [0.25, 0.3) is 11.1 Å². The fraction of sp³-hybridized carbons (Fsp3) is 0.167. The molecule has 2 N–H and O–H groups in total. The molecule has 5 heteroatoms. The maximum atomic E-state index is 13.7. The van der Waals surface area contributed by atoms with Crippen molar-refractivity contribution in [2.24, 2.45) is 0 Å². The Morgan fingerprint density at radius 2 is 2.12 bits per heavy atom. The molecule has 0 aliphatic rings. The van der Waals surface area contributed by atoms with E-state index in [2.05, 4.69) is 15.5 Å². The lowest BCUT2D eigenvalue weighted by Crippen LogP contribution is -2.07. The van der Waals surface area contributed by atoms with Crippen molar-refractivity contribution in [1.82, 2.24) is 10.2 Å². The minimum Gasteiger partial charge on any atom is -0.309 e. The minimum atomic E-state index is -0.344. The van der Waals surface area contributed by atoms with Crippen LogP contribution in [0.3, 0.4) is 0 Å². The van der Waals surface area contributed by atoms with Gasteiger partial charge in [-0.3, -0.25) is 9.89 Å². The fourth-order valence-electron chi connectivity index (χ4n) is 1.68. The highest BCUT2D eigenvalue weighted by Crippen LogP contribution is 2.31. The summed E-state index contributed by atoms with van der Waals surface area (Å²) in [5.41, 5.74) is 1.71. The van der Waals surface area contributed by atoms with Gasteiger partial charge in [-0.25, -0.2) is 4.39 Å². The van der Waals surface area contributed by atoms with Crippen LogP contribution in [0.15, 0.2) is 24.3 Å². The maximum Gasteiger partial charge on any atom is 0.222 e. The lowest BCUT2D eigenvalue weighted by Gasteiger charge is -2.05. The molecule has 1 aromatic heterocycles. The van der Waals surface area contributed by atoms with Crippen molar-refractivity contribution in [2.75, 3.05) is 5.32 Å². The summed E-state index contributed by atoms with van der Waals surface area (Å²) in [5, 5.41) is 9.26. The Morgan fingerprint density at radius 3 is 2.76 bits per heavy atom. The van der Waals surface area contributed by atoms with Gasteiger partial charge in [-0.2, -0.15) is 5.10 Å². The zero-order valence-electron chi connectivity index (χ0n) is 9.54. The SMILES string of the molecule is CC(=O)Nc1n[nH]c(C)c1-c1ccccc1F. The molecule has 0 radical (unpaired) electrons. The highest BCUT2D eigenvalue weighted by molar-refractivity contribution is 5.93. The molecule has 0 unspecified atom stereocenters. The monoisotopic (exact) mass is 233 g/mol. The van der Waals surface area contributed by atoms with Crippen molar-refractivity contribution in [1.29, 1.82) is 0 Å². The van der Waals surface area contributed by atoms with Gasteiger partial charge in [-0.15, -0.1) is 0 Å². The summed E-state index contributed by atoms with van der Waals surface area (Å²) in [6, 6.07) is 6.38. The molecule has 2 aromatic rings. The zero-order chi connectivity index (χ0) is 12.4. The molecule has 4 nitrogen and oxygen atoms in total. The number of rotatable bonds is 2. The molecule has 0 saturated heterocycles. The number of hydrogen-bond donors (Lipinski definition) is 2. The van der Waals surface area contributed by atoms with Crippen LogP contribution in [0.4, 0.5) is 10.2 Å².